The summed E-state index contributed by atoms with van der Waals surface area (Å²) in [6.45, 7) is 20.5. The molecule has 5 aliphatic carbocycles. The number of fused-ring (bicyclic) bond motifs is 7. The SMILES string of the molecule is C=C(C)[C@@H]1CCC2(C(=O)O)CC[C@]3(C)C(CCC4[C@@]5(C)CC[C@H](O[C@@H]6O[C@@H](C)C(O)[C@@H](O)[C@H]6O)C(C)(C)C5CC[C@]43C)C12. The lowest BCUT2D eigenvalue weighted by Crippen LogP contribution is -2.67. The van der Waals surface area contributed by atoms with Crippen LogP contribution in [0.4, 0.5) is 0 Å². The highest BCUT2D eigenvalue weighted by atomic mass is 16.7. The van der Waals surface area contributed by atoms with Crippen molar-refractivity contribution in [2.45, 2.75) is 149 Å². The summed E-state index contributed by atoms with van der Waals surface area (Å²) in [7, 11) is 0. The van der Waals surface area contributed by atoms with Crippen LogP contribution in [0.1, 0.15) is 113 Å². The highest BCUT2D eigenvalue weighted by Crippen LogP contribution is 2.77. The minimum atomic E-state index is -1.29. The first kappa shape index (κ1) is 32.0. The molecule has 6 fully saturated rings. The molecule has 0 aromatic rings. The second-order valence-electron chi connectivity index (χ2n) is 17.3. The van der Waals surface area contributed by atoms with E-state index in [4.69, 9.17) is 9.47 Å². The fourth-order valence-electron chi connectivity index (χ4n) is 13.0. The van der Waals surface area contributed by atoms with Gasteiger partial charge < -0.3 is 29.9 Å². The van der Waals surface area contributed by atoms with Crippen molar-refractivity contribution in [3.05, 3.63) is 12.2 Å². The fraction of sp³-hybridized carbons (Fsp3) is 0.917. The average Bonchev–Trinajstić information content (AvgIpc) is 3.34. The quantitative estimate of drug-likeness (QED) is 0.232. The lowest BCUT2D eigenvalue weighted by atomic mass is 9.32. The number of carbonyl (C=O) groups is 1. The highest BCUT2D eigenvalue weighted by Gasteiger charge is 2.72. The summed E-state index contributed by atoms with van der Waals surface area (Å²) in [5, 5.41) is 41.9. The van der Waals surface area contributed by atoms with Crippen LogP contribution >= 0.6 is 0 Å². The van der Waals surface area contributed by atoms with E-state index in [0.29, 0.717) is 23.7 Å². The number of aliphatic carboxylic acids is 1. The summed E-state index contributed by atoms with van der Waals surface area (Å²) in [6.07, 6.45) is 4.48. The Morgan fingerprint density at radius 1 is 0.814 bits per heavy atom. The van der Waals surface area contributed by atoms with Crippen LogP contribution in [0, 0.1) is 56.7 Å². The molecule has 6 unspecified atom stereocenters. The molecule has 0 aromatic carbocycles. The Labute approximate surface area is 258 Å². The zero-order chi connectivity index (χ0) is 31.5. The van der Waals surface area contributed by atoms with Crippen molar-refractivity contribution < 1.29 is 34.7 Å². The maximum atomic E-state index is 12.9. The number of carboxylic acids is 1. The van der Waals surface area contributed by atoms with E-state index < -0.39 is 42.1 Å². The first-order valence-electron chi connectivity index (χ1n) is 17.2. The summed E-state index contributed by atoms with van der Waals surface area (Å²) in [5.41, 5.74) is 0.767. The molecule has 0 radical (unpaired) electrons. The first-order chi connectivity index (χ1) is 20.0. The van der Waals surface area contributed by atoms with Gasteiger partial charge in [0.2, 0.25) is 0 Å². The number of hydrogen-bond acceptors (Lipinski definition) is 6. The molecule has 1 aliphatic heterocycles. The van der Waals surface area contributed by atoms with Crippen molar-refractivity contribution in [1.29, 1.82) is 0 Å². The van der Waals surface area contributed by atoms with Crippen molar-refractivity contribution in [1.82, 2.24) is 0 Å². The molecular weight excluding hydrogens is 544 g/mol. The van der Waals surface area contributed by atoms with Crippen LogP contribution in [0.2, 0.25) is 0 Å². The van der Waals surface area contributed by atoms with Gasteiger partial charge in [-0.2, -0.15) is 0 Å². The van der Waals surface area contributed by atoms with Crippen molar-refractivity contribution in [3.8, 4) is 0 Å². The topological polar surface area (TPSA) is 116 Å². The van der Waals surface area contributed by atoms with Gasteiger partial charge in [-0.15, -0.1) is 0 Å². The third-order valence-electron chi connectivity index (χ3n) is 15.5. The van der Waals surface area contributed by atoms with Crippen LogP contribution in [-0.2, 0) is 14.3 Å². The summed E-state index contributed by atoms with van der Waals surface area (Å²) in [5.74, 6) is 1.30. The van der Waals surface area contributed by atoms with E-state index in [2.05, 4.69) is 48.1 Å². The molecule has 244 valence electrons. The zero-order valence-corrected chi connectivity index (χ0v) is 27.6. The van der Waals surface area contributed by atoms with E-state index in [1.165, 1.54) is 5.57 Å². The zero-order valence-electron chi connectivity index (χ0n) is 27.6. The van der Waals surface area contributed by atoms with Crippen LogP contribution in [0.15, 0.2) is 12.2 Å². The van der Waals surface area contributed by atoms with Gasteiger partial charge >= 0.3 is 5.97 Å². The molecule has 1 heterocycles. The standard InChI is InChI=1S/C36H58O7/c1-19(2)21-11-16-36(31(40)41)18-17-34(7)22(26(21)36)9-10-24-33(6)14-13-25(32(4,5)23(33)12-15-35(24,34)8)43-30-29(39)28(38)27(37)20(3)42-30/h20-30,37-39H,1,9-18H2,2-8H3,(H,40,41)/t20-,21-,22?,23?,24?,25-,26?,27?,28+,29+,30-,33-,34+,35+,36?/m0/s1. The van der Waals surface area contributed by atoms with E-state index in [9.17, 15) is 25.2 Å². The van der Waals surface area contributed by atoms with E-state index >= 15 is 0 Å². The number of hydrogen-bond donors (Lipinski definition) is 4. The van der Waals surface area contributed by atoms with Crippen molar-refractivity contribution in [3.63, 3.8) is 0 Å². The summed E-state index contributed by atoms with van der Waals surface area (Å²) < 4.78 is 12.4. The van der Waals surface area contributed by atoms with Crippen LogP contribution in [0.5, 0.6) is 0 Å². The lowest BCUT2D eigenvalue weighted by Gasteiger charge is -2.73. The number of allylic oxidation sites excluding steroid dienone is 1. The van der Waals surface area contributed by atoms with Crippen LogP contribution in [0.25, 0.3) is 0 Å². The van der Waals surface area contributed by atoms with E-state index in [0.717, 1.165) is 64.2 Å². The van der Waals surface area contributed by atoms with E-state index in [1.807, 2.05) is 0 Å². The molecule has 7 nitrogen and oxygen atoms in total. The molecule has 0 aromatic heterocycles. The Bertz CT molecular complexity index is 1140. The predicted molar refractivity (Wildman–Crippen MR) is 164 cm³/mol. The molecule has 0 amide bonds. The molecule has 15 atom stereocenters. The third kappa shape index (κ3) is 4.19. The summed E-state index contributed by atoms with van der Waals surface area (Å²) in [6, 6.07) is 0. The third-order valence-corrected chi connectivity index (χ3v) is 15.5. The second-order valence-corrected chi connectivity index (χ2v) is 17.3. The smallest absolute Gasteiger partial charge is 0.309 e. The van der Waals surface area contributed by atoms with Gasteiger partial charge in [-0.3, -0.25) is 4.79 Å². The Balaban J connectivity index is 1.28. The van der Waals surface area contributed by atoms with Gasteiger partial charge in [-0.05, 0) is 129 Å². The number of aliphatic hydroxyl groups is 3. The minimum absolute atomic E-state index is 0.0935. The molecule has 0 bridgehead atoms. The molecule has 6 aliphatic rings. The molecule has 7 heteroatoms. The fourth-order valence-corrected chi connectivity index (χ4v) is 13.0. The van der Waals surface area contributed by atoms with Gasteiger partial charge in [-0.1, -0.05) is 46.8 Å². The van der Waals surface area contributed by atoms with Gasteiger partial charge in [0, 0.05) is 0 Å². The maximum absolute atomic E-state index is 12.9. The van der Waals surface area contributed by atoms with Crippen molar-refractivity contribution in [2.75, 3.05) is 0 Å². The van der Waals surface area contributed by atoms with Gasteiger partial charge in [0.05, 0.1) is 17.6 Å². The van der Waals surface area contributed by atoms with E-state index in [1.54, 1.807) is 6.92 Å². The normalized spacial score (nSPS) is 55.8. The molecular formula is C36H58O7. The highest BCUT2D eigenvalue weighted by molar-refractivity contribution is 5.76. The molecule has 6 rings (SSSR count). The van der Waals surface area contributed by atoms with E-state index in [-0.39, 0.29) is 33.7 Å². The predicted octanol–water partition coefficient (Wildman–Crippen LogP) is 5.94. The van der Waals surface area contributed by atoms with Crippen LogP contribution < -0.4 is 0 Å². The minimum Gasteiger partial charge on any atom is -0.481 e. The van der Waals surface area contributed by atoms with Crippen LogP contribution in [0.3, 0.4) is 0 Å². The van der Waals surface area contributed by atoms with Crippen molar-refractivity contribution >= 4 is 5.97 Å². The number of aliphatic hydroxyl groups excluding tert-OH is 3. The van der Waals surface area contributed by atoms with Gasteiger partial charge in [0.15, 0.2) is 6.29 Å². The average molecular weight is 603 g/mol. The molecule has 0 spiro atoms. The van der Waals surface area contributed by atoms with Gasteiger partial charge in [-0.25, -0.2) is 0 Å². The largest absolute Gasteiger partial charge is 0.481 e. The molecule has 1 saturated heterocycles. The molecule has 5 saturated carbocycles. The Kier molecular flexibility index (Phi) is 7.62. The molecule has 4 N–H and O–H groups in total. The lowest BCUT2D eigenvalue weighted by molar-refractivity contribution is -0.326. The van der Waals surface area contributed by atoms with Crippen molar-refractivity contribution in [2.24, 2.45) is 56.7 Å². The summed E-state index contributed by atoms with van der Waals surface area (Å²) >= 11 is 0. The summed E-state index contributed by atoms with van der Waals surface area (Å²) in [4.78, 5) is 12.9. The van der Waals surface area contributed by atoms with Gasteiger partial charge in [0.25, 0.3) is 0 Å². The number of rotatable bonds is 4. The first-order valence-corrected chi connectivity index (χ1v) is 17.2. The Morgan fingerprint density at radius 2 is 1.51 bits per heavy atom. The van der Waals surface area contributed by atoms with Crippen LogP contribution in [-0.4, -0.2) is 63.2 Å². The second kappa shape index (κ2) is 10.3. The molecule has 43 heavy (non-hydrogen) atoms. The Morgan fingerprint density at radius 3 is 2.16 bits per heavy atom. The number of carboxylic acid groups (broad SMARTS) is 1. The van der Waals surface area contributed by atoms with Gasteiger partial charge in [0.1, 0.15) is 18.3 Å². The maximum Gasteiger partial charge on any atom is 0.309 e. The Hall–Kier alpha value is -0.990. The monoisotopic (exact) mass is 602 g/mol. The number of ether oxygens (including phenoxy) is 2.